The van der Waals surface area contributed by atoms with Gasteiger partial charge in [0.1, 0.15) is 8.07 Å². The molecule has 5 nitrogen and oxygen atoms in total. The minimum atomic E-state index is -3.46. The second-order valence-corrected chi connectivity index (χ2v) is 15.5. The van der Waals surface area contributed by atoms with E-state index in [1.165, 1.54) is 10.6 Å². The van der Waals surface area contributed by atoms with Gasteiger partial charge in [0.2, 0.25) is 16.8 Å². The summed E-state index contributed by atoms with van der Waals surface area (Å²) in [4.78, 5) is 0. The highest BCUT2D eigenvalue weighted by atomic mass is 32.2. The van der Waals surface area contributed by atoms with Crippen LogP contribution in [0.2, 0.25) is 16.6 Å². The van der Waals surface area contributed by atoms with Crippen molar-refractivity contribution >= 4 is 23.8 Å². The van der Waals surface area contributed by atoms with Crippen LogP contribution in [0.3, 0.4) is 0 Å². The predicted molar refractivity (Wildman–Crippen MR) is 114 cm³/mol. The Morgan fingerprint density at radius 3 is 2.11 bits per heavy atom. The summed E-state index contributed by atoms with van der Waals surface area (Å²) in [7, 11) is -5.36. The van der Waals surface area contributed by atoms with Gasteiger partial charge in [-0.3, -0.25) is 4.31 Å². The maximum Gasteiger partial charge on any atom is 0.233 e. The van der Waals surface area contributed by atoms with E-state index < -0.39 is 18.1 Å². The van der Waals surface area contributed by atoms with Gasteiger partial charge in [-0.1, -0.05) is 47.5 Å². The minimum Gasteiger partial charge on any atom is -0.454 e. The molecule has 0 saturated carbocycles. The van der Waals surface area contributed by atoms with Crippen LogP contribution in [0, 0.1) is 11.5 Å². The molecule has 0 aromatic heterocycles. The van der Waals surface area contributed by atoms with Gasteiger partial charge in [0.25, 0.3) is 0 Å². The van der Waals surface area contributed by atoms with E-state index in [1.807, 2.05) is 0 Å². The normalized spacial score (nSPS) is 13.9. The van der Waals surface area contributed by atoms with Gasteiger partial charge in [-0.15, -0.1) is 5.54 Å². The zero-order chi connectivity index (χ0) is 20.4. The van der Waals surface area contributed by atoms with E-state index in [0.29, 0.717) is 33.8 Å². The number of benzene rings is 1. The molecule has 1 aliphatic heterocycles. The molecule has 150 valence electrons. The Labute approximate surface area is 165 Å². The summed E-state index contributed by atoms with van der Waals surface area (Å²) in [6.07, 6.45) is 1.21. The van der Waals surface area contributed by atoms with Crippen LogP contribution < -0.4 is 13.8 Å². The maximum atomic E-state index is 12.4. The minimum absolute atomic E-state index is 0.138. The third kappa shape index (κ3) is 4.44. The fraction of sp³-hybridized carbons (Fsp3) is 0.600. The van der Waals surface area contributed by atoms with E-state index in [9.17, 15) is 8.42 Å². The number of hydrogen-bond donors (Lipinski definition) is 0. The Hall–Kier alpha value is -1.65. The van der Waals surface area contributed by atoms with Crippen LogP contribution in [0.15, 0.2) is 18.2 Å². The summed E-state index contributed by atoms with van der Waals surface area (Å²) in [5, 5.41) is 0. The van der Waals surface area contributed by atoms with Crippen molar-refractivity contribution in [3.63, 3.8) is 0 Å². The Balaban J connectivity index is 2.38. The number of fused-ring (bicyclic) bond motifs is 1. The van der Waals surface area contributed by atoms with E-state index in [-0.39, 0.29) is 13.3 Å². The first-order chi connectivity index (χ1) is 12.5. The first-order valence-electron chi connectivity index (χ1n) is 9.37. The molecule has 0 unspecified atom stereocenters. The first kappa shape index (κ1) is 21.6. The summed E-state index contributed by atoms with van der Waals surface area (Å²) in [6.45, 7) is 13.8. The van der Waals surface area contributed by atoms with Crippen molar-refractivity contribution in [3.8, 4) is 23.0 Å². The molecule has 0 aliphatic carbocycles. The fourth-order valence-corrected chi connectivity index (χ4v) is 10.2. The first-order valence-corrected chi connectivity index (χ1v) is 13.5. The van der Waals surface area contributed by atoms with Crippen molar-refractivity contribution in [2.24, 2.45) is 0 Å². The maximum absolute atomic E-state index is 12.4. The van der Waals surface area contributed by atoms with E-state index >= 15 is 0 Å². The summed E-state index contributed by atoms with van der Waals surface area (Å²) < 4.78 is 36.8. The van der Waals surface area contributed by atoms with E-state index in [0.717, 1.165) is 0 Å². The smallest absolute Gasteiger partial charge is 0.233 e. The molecule has 1 aromatic rings. The van der Waals surface area contributed by atoms with Crippen LogP contribution in [0.1, 0.15) is 41.5 Å². The SMILES string of the molecule is CC(C)[Si](C#CCN(c1ccc2c(c1)OCO2)S(C)(=O)=O)(C(C)C)C(C)C. The number of rotatable bonds is 6. The monoisotopic (exact) mass is 409 g/mol. The van der Waals surface area contributed by atoms with Gasteiger partial charge in [0.05, 0.1) is 18.5 Å². The van der Waals surface area contributed by atoms with Crippen LogP contribution in [-0.4, -0.2) is 36.1 Å². The molecular weight excluding hydrogens is 378 g/mol. The van der Waals surface area contributed by atoms with E-state index in [1.54, 1.807) is 18.2 Å². The Kier molecular flexibility index (Phi) is 6.54. The highest BCUT2D eigenvalue weighted by Gasteiger charge is 2.41. The quantitative estimate of drug-likeness (QED) is 0.516. The van der Waals surface area contributed by atoms with Crippen molar-refractivity contribution in [2.45, 2.75) is 58.2 Å². The number of anilines is 1. The average molecular weight is 410 g/mol. The van der Waals surface area contributed by atoms with Gasteiger partial charge in [0, 0.05) is 6.07 Å². The van der Waals surface area contributed by atoms with Crippen molar-refractivity contribution in [2.75, 3.05) is 23.9 Å². The van der Waals surface area contributed by atoms with E-state index in [2.05, 4.69) is 53.0 Å². The molecular formula is C20H31NO4SSi. The lowest BCUT2D eigenvalue weighted by atomic mass is 10.3. The molecule has 0 radical (unpaired) electrons. The molecule has 1 aromatic carbocycles. The number of ether oxygens (including phenoxy) is 2. The molecule has 0 fully saturated rings. The third-order valence-corrected chi connectivity index (χ3v) is 12.9. The largest absolute Gasteiger partial charge is 0.454 e. The lowest BCUT2D eigenvalue weighted by Gasteiger charge is -2.38. The van der Waals surface area contributed by atoms with Crippen LogP contribution in [0.25, 0.3) is 0 Å². The molecule has 27 heavy (non-hydrogen) atoms. The predicted octanol–water partition coefficient (Wildman–Crippen LogP) is 4.40. The van der Waals surface area contributed by atoms with Crippen molar-refractivity contribution in [3.05, 3.63) is 18.2 Å². The highest BCUT2D eigenvalue weighted by Crippen LogP contribution is 2.41. The topological polar surface area (TPSA) is 55.8 Å². The fourth-order valence-electron chi connectivity index (χ4n) is 4.14. The molecule has 0 bridgehead atoms. The molecule has 0 N–H and O–H groups in total. The number of hydrogen-bond acceptors (Lipinski definition) is 4. The van der Waals surface area contributed by atoms with Crippen LogP contribution in [-0.2, 0) is 10.0 Å². The van der Waals surface area contributed by atoms with Crippen molar-refractivity contribution < 1.29 is 17.9 Å². The summed E-state index contributed by atoms with van der Waals surface area (Å²) in [6, 6.07) is 5.16. The van der Waals surface area contributed by atoms with Crippen molar-refractivity contribution in [1.82, 2.24) is 0 Å². The average Bonchev–Trinajstić information content (AvgIpc) is 3.00. The van der Waals surface area contributed by atoms with Gasteiger partial charge in [-0.2, -0.15) is 0 Å². The molecule has 1 heterocycles. The highest BCUT2D eigenvalue weighted by molar-refractivity contribution is 7.92. The van der Waals surface area contributed by atoms with Gasteiger partial charge < -0.3 is 9.47 Å². The van der Waals surface area contributed by atoms with Gasteiger partial charge in [-0.05, 0) is 28.8 Å². The Bertz CT molecular complexity index is 815. The zero-order valence-corrected chi connectivity index (χ0v) is 19.2. The molecule has 0 amide bonds. The number of nitrogens with zero attached hydrogens (tertiary/aromatic N) is 1. The van der Waals surface area contributed by atoms with E-state index in [4.69, 9.17) is 9.47 Å². The van der Waals surface area contributed by atoms with Gasteiger partial charge in [0.15, 0.2) is 11.5 Å². The lowest BCUT2D eigenvalue weighted by molar-refractivity contribution is 0.174. The molecule has 2 rings (SSSR count). The summed E-state index contributed by atoms with van der Waals surface area (Å²) >= 11 is 0. The molecule has 1 aliphatic rings. The zero-order valence-electron chi connectivity index (χ0n) is 17.4. The molecule has 0 saturated heterocycles. The Morgan fingerprint density at radius 1 is 1.04 bits per heavy atom. The molecule has 0 spiro atoms. The Morgan fingerprint density at radius 2 is 1.59 bits per heavy atom. The van der Waals surface area contributed by atoms with Crippen LogP contribution >= 0.6 is 0 Å². The number of sulfonamides is 1. The molecule has 0 atom stereocenters. The van der Waals surface area contributed by atoms with Crippen LogP contribution in [0.4, 0.5) is 5.69 Å². The second kappa shape index (κ2) is 8.15. The van der Waals surface area contributed by atoms with Crippen LogP contribution in [0.5, 0.6) is 11.5 Å². The second-order valence-electron chi connectivity index (χ2n) is 8.01. The molecule has 7 heteroatoms. The standard InChI is InChI=1S/C20H31NO4SSi/c1-15(2)27(16(3)4,17(5)6)12-8-11-21(26(7,22)23)18-9-10-19-20(13-18)25-14-24-19/h9-10,13,15-17H,11,14H2,1-7H3. The summed E-state index contributed by atoms with van der Waals surface area (Å²) in [5.74, 6) is 4.42. The summed E-state index contributed by atoms with van der Waals surface area (Å²) in [5.41, 5.74) is 5.63. The van der Waals surface area contributed by atoms with Crippen molar-refractivity contribution in [1.29, 1.82) is 0 Å². The lowest BCUT2D eigenvalue weighted by Crippen LogP contribution is -2.43. The van der Waals surface area contributed by atoms with Gasteiger partial charge >= 0.3 is 0 Å². The third-order valence-electron chi connectivity index (χ3n) is 5.44. The van der Waals surface area contributed by atoms with Gasteiger partial charge in [-0.25, -0.2) is 8.42 Å².